The Bertz CT molecular complexity index is 2540. The normalized spacial score (nSPS) is 15.4. The maximum atomic E-state index is 13.6. The van der Waals surface area contributed by atoms with Crippen molar-refractivity contribution in [3.8, 4) is 11.1 Å². The van der Waals surface area contributed by atoms with E-state index in [-0.39, 0.29) is 30.4 Å². The molecule has 0 radical (unpaired) electrons. The summed E-state index contributed by atoms with van der Waals surface area (Å²) in [5.41, 5.74) is 2.93. The molecule has 1 aliphatic carbocycles. The zero-order valence-electron chi connectivity index (χ0n) is 42.6. The molecule has 1 saturated heterocycles. The first-order chi connectivity index (χ1) is 35.6. The van der Waals surface area contributed by atoms with Crippen molar-refractivity contribution in [1.82, 2.24) is 34.6 Å². The summed E-state index contributed by atoms with van der Waals surface area (Å²) in [5, 5.41) is 13.0. The molecular formula is C55H70F6N8O5. The topological polar surface area (TPSA) is 145 Å². The van der Waals surface area contributed by atoms with Crippen LogP contribution in [0.15, 0.2) is 73.1 Å². The fourth-order valence-electron chi connectivity index (χ4n) is 9.92. The summed E-state index contributed by atoms with van der Waals surface area (Å²) >= 11 is 0. The minimum Gasteiger partial charge on any atom is -0.400 e. The molecule has 13 nitrogen and oxygen atoms in total. The van der Waals surface area contributed by atoms with Crippen molar-refractivity contribution >= 4 is 41.1 Å². The Morgan fingerprint density at radius 3 is 2.16 bits per heavy atom. The number of aryl methyl sites for hydroxylation is 1. The van der Waals surface area contributed by atoms with Gasteiger partial charge in [-0.3, -0.25) is 19.4 Å². The molecule has 5 aromatic rings. The third-order valence-electron chi connectivity index (χ3n) is 13.9. The molecule has 19 heteroatoms. The van der Waals surface area contributed by atoms with Gasteiger partial charge in [0.15, 0.2) is 0 Å². The number of fused-ring (bicyclic) bond motifs is 1. The fourth-order valence-corrected chi connectivity index (χ4v) is 9.92. The molecule has 7 rings (SSSR count). The fraction of sp³-hybridized carbons (Fsp3) is 0.509. The van der Waals surface area contributed by atoms with Crippen LogP contribution in [0.3, 0.4) is 0 Å². The molecule has 3 aromatic carbocycles. The molecule has 402 valence electrons. The molecule has 0 bridgehead atoms. The van der Waals surface area contributed by atoms with E-state index in [0.29, 0.717) is 49.5 Å². The van der Waals surface area contributed by atoms with Gasteiger partial charge < -0.3 is 34.7 Å². The maximum Gasteiger partial charge on any atom is 0.416 e. The Morgan fingerprint density at radius 2 is 1.51 bits per heavy atom. The number of ether oxygens (including phenoxy) is 1. The lowest BCUT2D eigenvalue weighted by Gasteiger charge is -2.34. The lowest BCUT2D eigenvalue weighted by atomic mass is 9.95. The van der Waals surface area contributed by atoms with Crippen LogP contribution in [0.1, 0.15) is 115 Å². The summed E-state index contributed by atoms with van der Waals surface area (Å²) in [6, 6.07) is 15.3. The Balaban J connectivity index is 0.00000440. The van der Waals surface area contributed by atoms with Crippen LogP contribution in [0.4, 0.5) is 38.0 Å². The van der Waals surface area contributed by atoms with Crippen molar-refractivity contribution in [2.24, 2.45) is 0 Å². The van der Waals surface area contributed by atoms with Gasteiger partial charge in [0.25, 0.3) is 0 Å². The van der Waals surface area contributed by atoms with E-state index in [0.717, 1.165) is 151 Å². The van der Waals surface area contributed by atoms with Crippen molar-refractivity contribution in [3.63, 3.8) is 0 Å². The van der Waals surface area contributed by atoms with Crippen LogP contribution in [-0.2, 0) is 46.2 Å². The number of nitrogens with zero attached hydrogens (tertiary/aromatic N) is 6. The van der Waals surface area contributed by atoms with E-state index in [1.807, 2.05) is 30.1 Å². The van der Waals surface area contributed by atoms with E-state index in [1.54, 1.807) is 13.2 Å². The molecule has 1 unspecified atom stereocenters. The molecule has 0 spiro atoms. The maximum absolute atomic E-state index is 13.6. The zero-order chi connectivity index (χ0) is 53.3. The summed E-state index contributed by atoms with van der Waals surface area (Å²) in [7, 11) is 4.41. The van der Waals surface area contributed by atoms with Crippen LogP contribution in [0.2, 0.25) is 0 Å². The van der Waals surface area contributed by atoms with Gasteiger partial charge in [-0.25, -0.2) is 4.98 Å². The quantitative estimate of drug-likeness (QED) is 0.0309. The molecule has 2 aromatic heterocycles. The highest BCUT2D eigenvalue weighted by atomic mass is 19.4. The minimum absolute atomic E-state index is 0.0941. The monoisotopic (exact) mass is 1040 g/mol. The number of rotatable bonds is 24. The number of aliphatic hydroxyl groups excluding tert-OH is 1. The first kappa shape index (κ1) is 57.5. The summed E-state index contributed by atoms with van der Waals surface area (Å²) in [6.45, 7) is 7.61. The highest BCUT2D eigenvalue weighted by Gasteiger charge is 2.37. The number of anilines is 2. The van der Waals surface area contributed by atoms with Crippen LogP contribution >= 0.6 is 0 Å². The molecule has 1 aliphatic heterocycles. The number of aldehydes is 2. The van der Waals surface area contributed by atoms with Crippen molar-refractivity contribution in [3.05, 3.63) is 106 Å². The number of nitrogens with one attached hydrogen (secondary N) is 2. The molecule has 2 aliphatic rings. The van der Waals surface area contributed by atoms with Gasteiger partial charge in [0.1, 0.15) is 18.2 Å². The Morgan fingerprint density at radius 1 is 0.851 bits per heavy atom. The predicted molar refractivity (Wildman–Crippen MR) is 274 cm³/mol. The van der Waals surface area contributed by atoms with Crippen molar-refractivity contribution in [1.29, 1.82) is 0 Å². The summed E-state index contributed by atoms with van der Waals surface area (Å²) < 4.78 is 89.7. The second-order valence-electron chi connectivity index (χ2n) is 19.1. The van der Waals surface area contributed by atoms with Crippen molar-refractivity contribution in [2.75, 3.05) is 72.5 Å². The third-order valence-corrected chi connectivity index (χ3v) is 13.9. The number of piperazine rings is 1. The molecule has 3 heterocycles. The van der Waals surface area contributed by atoms with Crippen molar-refractivity contribution in [2.45, 2.75) is 115 Å². The van der Waals surface area contributed by atoms with E-state index in [1.165, 1.54) is 5.56 Å². The van der Waals surface area contributed by atoms with Gasteiger partial charge in [0, 0.05) is 114 Å². The largest absolute Gasteiger partial charge is 0.416 e. The third kappa shape index (κ3) is 16.1. The number of amides is 1. The van der Waals surface area contributed by atoms with Crippen LogP contribution in [0, 0.1) is 0 Å². The van der Waals surface area contributed by atoms with Crippen LogP contribution in [-0.4, -0.2) is 126 Å². The first-order valence-electron chi connectivity index (χ1n) is 25.6. The SMILES string of the molecule is CNC(=O)C(CCC=O)N(C)Cc1cc(CCCOCCCCCN2CCN(Cc3ccc(-c4cn(C5CCCCC5)c5nc(Nc6cc(C(F)(F)F)cc(C(F)(F)F)c6)ncc45)cc3)CC2)ccc1C=O.CO. The van der Waals surface area contributed by atoms with Crippen LogP contribution in [0.25, 0.3) is 22.2 Å². The number of hydrogen-bond donors (Lipinski definition) is 3. The van der Waals surface area contributed by atoms with Crippen LogP contribution in [0.5, 0.6) is 0 Å². The molecule has 3 N–H and O–H groups in total. The zero-order valence-corrected chi connectivity index (χ0v) is 42.6. The minimum atomic E-state index is -4.98. The van der Waals surface area contributed by atoms with E-state index < -0.39 is 35.2 Å². The first-order valence-corrected chi connectivity index (χ1v) is 25.6. The number of carbonyl (C=O) groups is 3. The number of aliphatic hydroxyl groups is 1. The summed E-state index contributed by atoms with van der Waals surface area (Å²) in [6.07, 6.45) is 5.98. The molecular weight excluding hydrogens is 967 g/mol. The van der Waals surface area contributed by atoms with Gasteiger partial charge in [0.2, 0.25) is 11.9 Å². The molecule has 2 fully saturated rings. The number of unbranched alkanes of at least 4 members (excludes halogenated alkanes) is 2. The van der Waals surface area contributed by atoms with Gasteiger partial charge in [-0.1, -0.05) is 61.7 Å². The molecule has 74 heavy (non-hydrogen) atoms. The van der Waals surface area contributed by atoms with Gasteiger partial charge >= 0.3 is 12.4 Å². The molecule has 1 atom stereocenters. The van der Waals surface area contributed by atoms with E-state index in [9.17, 15) is 40.7 Å². The predicted octanol–water partition coefficient (Wildman–Crippen LogP) is 10.3. The highest BCUT2D eigenvalue weighted by Crippen LogP contribution is 2.40. The second-order valence-corrected chi connectivity index (χ2v) is 19.1. The number of carbonyl (C=O) groups excluding carboxylic acids is 3. The van der Waals surface area contributed by atoms with E-state index in [2.05, 4.69) is 60.4 Å². The molecule has 1 amide bonds. The Labute approximate surface area is 429 Å². The Kier molecular flexibility index (Phi) is 21.5. The number of halogens is 6. The standard InChI is InChI=1S/C54H66F6N8O4.CH4O/c1-61-51(71)49(14-9-26-69)65(2)35-42-29-38(15-20-41(42)37-70)11-10-28-72-27-8-4-7-21-66-22-24-67(25-23-66)34-39-16-18-40(19-17-39)48-36-68(46-12-5-3-6-13-46)50-47(48)33-62-52(64-50)63-45-31-43(53(55,56)57)30-44(32-45)54(58,59)60;1-2/h15-20,26,29-33,36-37,46,49H,3-14,21-25,27-28,34-35H2,1-2H3,(H,61,71)(H,62,63,64);2H,1H3. The Hall–Kier alpha value is -5.73. The number of hydrogen-bond acceptors (Lipinski definition) is 11. The summed E-state index contributed by atoms with van der Waals surface area (Å²) in [5.74, 6) is -0.254. The number of likely N-dealkylation sites (N-methyl/N-ethyl adjacent to an activating group) is 2. The van der Waals surface area contributed by atoms with E-state index >= 15 is 0 Å². The lowest BCUT2D eigenvalue weighted by molar-refractivity contribution is -0.143. The smallest absolute Gasteiger partial charge is 0.400 e. The highest BCUT2D eigenvalue weighted by molar-refractivity contribution is 5.94. The van der Waals surface area contributed by atoms with Gasteiger partial charge in [-0.05, 0) is 105 Å². The van der Waals surface area contributed by atoms with Crippen molar-refractivity contribution < 1.29 is 50.6 Å². The number of alkyl halides is 6. The lowest BCUT2D eigenvalue weighted by Crippen LogP contribution is -2.46. The molecule has 1 saturated carbocycles. The van der Waals surface area contributed by atoms with Gasteiger partial charge in [-0.15, -0.1) is 0 Å². The van der Waals surface area contributed by atoms with E-state index in [4.69, 9.17) is 14.8 Å². The number of benzene rings is 3. The second kappa shape index (κ2) is 27.7. The summed E-state index contributed by atoms with van der Waals surface area (Å²) in [4.78, 5) is 51.2. The van der Waals surface area contributed by atoms with Crippen LogP contribution < -0.4 is 10.6 Å². The van der Waals surface area contributed by atoms with Gasteiger partial charge in [0.05, 0.1) is 17.2 Å². The average Bonchev–Trinajstić information content (AvgIpc) is 3.78. The average molecular weight is 1040 g/mol. The number of aromatic nitrogens is 3. The van der Waals surface area contributed by atoms with Gasteiger partial charge in [-0.2, -0.15) is 31.3 Å².